The van der Waals surface area contributed by atoms with Gasteiger partial charge in [-0.25, -0.2) is 0 Å². The lowest BCUT2D eigenvalue weighted by Crippen LogP contribution is -2.42. The second-order valence-corrected chi connectivity index (χ2v) is 4.57. The zero-order valence-electron chi connectivity index (χ0n) is 10.2. The molecule has 1 rings (SSSR count). The minimum atomic E-state index is 0.139. The molecule has 0 spiro atoms. The summed E-state index contributed by atoms with van der Waals surface area (Å²) in [7, 11) is 0. The third kappa shape index (κ3) is 4.49. The molecule has 2 atom stereocenters. The van der Waals surface area contributed by atoms with E-state index in [-0.39, 0.29) is 18.4 Å². The molecule has 0 aromatic heterocycles. The summed E-state index contributed by atoms with van der Waals surface area (Å²) in [6.45, 7) is 4.84. The van der Waals surface area contributed by atoms with Gasteiger partial charge in [0.2, 0.25) is 5.91 Å². The maximum Gasteiger partial charge on any atom is 0.224 e. The van der Waals surface area contributed by atoms with E-state index >= 15 is 0 Å². The van der Waals surface area contributed by atoms with Crippen molar-refractivity contribution < 1.29 is 9.90 Å². The summed E-state index contributed by atoms with van der Waals surface area (Å²) in [6.07, 6.45) is 3.87. The molecular formula is C12H24N2O2. The second-order valence-electron chi connectivity index (χ2n) is 4.57. The normalized spacial score (nSPS) is 22.8. The van der Waals surface area contributed by atoms with Crippen LogP contribution in [0.1, 0.15) is 32.6 Å². The third-order valence-electron chi connectivity index (χ3n) is 3.35. The molecule has 4 heteroatoms. The number of piperidine rings is 1. The highest BCUT2D eigenvalue weighted by molar-refractivity contribution is 5.78. The van der Waals surface area contributed by atoms with E-state index in [1.54, 1.807) is 0 Å². The van der Waals surface area contributed by atoms with Gasteiger partial charge in [-0.2, -0.15) is 0 Å². The number of rotatable bonds is 6. The number of carbonyl (C=O) groups is 1. The molecule has 3 N–H and O–H groups in total. The molecule has 94 valence electrons. The van der Waals surface area contributed by atoms with Gasteiger partial charge in [-0.05, 0) is 31.7 Å². The number of aliphatic hydroxyl groups is 1. The predicted octanol–water partition coefficient (Wildman–Crippen LogP) is 0.511. The summed E-state index contributed by atoms with van der Waals surface area (Å²) >= 11 is 0. The Morgan fingerprint density at radius 3 is 3.00 bits per heavy atom. The van der Waals surface area contributed by atoms with Crippen molar-refractivity contribution in [3.05, 3.63) is 0 Å². The largest absolute Gasteiger partial charge is 0.396 e. The topological polar surface area (TPSA) is 61.4 Å². The molecule has 0 bridgehead atoms. The van der Waals surface area contributed by atoms with Gasteiger partial charge in [0, 0.05) is 19.7 Å². The third-order valence-corrected chi connectivity index (χ3v) is 3.35. The molecule has 0 aromatic carbocycles. The van der Waals surface area contributed by atoms with E-state index in [9.17, 15) is 4.79 Å². The molecule has 0 aromatic rings. The van der Waals surface area contributed by atoms with E-state index in [0.717, 1.165) is 38.8 Å². The number of carbonyl (C=O) groups excluding carboxylic acids is 1. The fraction of sp³-hybridized carbons (Fsp3) is 0.917. The molecule has 0 aliphatic carbocycles. The van der Waals surface area contributed by atoms with Crippen molar-refractivity contribution in [1.29, 1.82) is 0 Å². The Morgan fingerprint density at radius 2 is 2.44 bits per heavy atom. The average molecular weight is 228 g/mol. The van der Waals surface area contributed by atoms with Crippen LogP contribution < -0.4 is 10.6 Å². The zero-order valence-corrected chi connectivity index (χ0v) is 10.2. The SMILES string of the molecule is CCC(CCO)CNC(=O)C1CCCNC1. The number of nitrogens with one attached hydrogen (secondary N) is 2. The van der Waals surface area contributed by atoms with Crippen molar-refractivity contribution in [3.8, 4) is 0 Å². The van der Waals surface area contributed by atoms with Crippen LogP contribution in [0.4, 0.5) is 0 Å². The Bertz CT molecular complexity index is 203. The highest BCUT2D eigenvalue weighted by Crippen LogP contribution is 2.11. The van der Waals surface area contributed by atoms with Crippen LogP contribution in [-0.2, 0) is 4.79 Å². The lowest BCUT2D eigenvalue weighted by atomic mass is 9.98. The summed E-state index contributed by atoms with van der Waals surface area (Å²) in [5.41, 5.74) is 0. The zero-order chi connectivity index (χ0) is 11.8. The first-order valence-corrected chi connectivity index (χ1v) is 6.37. The molecule has 1 aliphatic heterocycles. The molecule has 1 fully saturated rings. The second kappa shape index (κ2) is 7.63. The Kier molecular flexibility index (Phi) is 6.42. The molecule has 2 unspecified atom stereocenters. The van der Waals surface area contributed by atoms with E-state index in [4.69, 9.17) is 5.11 Å². The van der Waals surface area contributed by atoms with Gasteiger partial charge in [0.25, 0.3) is 0 Å². The van der Waals surface area contributed by atoms with Crippen molar-refractivity contribution in [2.45, 2.75) is 32.6 Å². The molecular weight excluding hydrogens is 204 g/mol. The van der Waals surface area contributed by atoms with Crippen molar-refractivity contribution in [2.24, 2.45) is 11.8 Å². The number of aliphatic hydroxyl groups excluding tert-OH is 1. The first-order valence-electron chi connectivity index (χ1n) is 6.37. The summed E-state index contributed by atoms with van der Waals surface area (Å²) in [6, 6.07) is 0. The molecule has 1 aliphatic rings. The lowest BCUT2D eigenvalue weighted by molar-refractivity contribution is -0.125. The smallest absolute Gasteiger partial charge is 0.224 e. The van der Waals surface area contributed by atoms with Gasteiger partial charge in [0.05, 0.1) is 5.92 Å². The van der Waals surface area contributed by atoms with E-state index < -0.39 is 0 Å². The Labute approximate surface area is 97.8 Å². The highest BCUT2D eigenvalue weighted by Gasteiger charge is 2.20. The molecule has 1 heterocycles. The van der Waals surface area contributed by atoms with Crippen LogP contribution >= 0.6 is 0 Å². The summed E-state index contributed by atoms with van der Waals surface area (Å²) in [4.78, 5) is 11.8. The maximum atomic E-state index is 11.8. The Hall–Kier alpha value is -0.610. The molecule has 1 saturated heterocycles. The monoisotopic (exact) mass is 228 g/mol. The van der Waals surface area contributed by atoms with E-state index in [1.807, 2.05) is 0 Å². The van der Waals surface area contributed by atoms with Crippen LogP contribution in [-0.4, -0.2) is 37.3 Å². The quantitative estimate of drug-likeness (QED) is 0.621. The molecule has 1 amide bonds. The molecule has 0 saturated carbocycles. The van der Waals surface area contributed by atoms with E-state index in [1.165, 1.54) is 0 Å². The van der Waals surface area contributed by atoms with Crippen molar-refractivity contribution in [1.82, 2.24) is 10.6 Å². The van der Waals surface area contributed by atoms with Crippen LogP contribution in [0, 0.1) is 11.8 Å². The molecule has 4 nitrogen and oxygen atoms in total. The van der Waals surface area contributed by atoms with Gasteiger partial charge in [-0.15, -0.1) is 0 Å². The van der Waals surface area contributed by atoms with Crippen LogP contribution in [0.25, 0.3) is 0 Å². The summed E-state index contributed by atoms with van der Waals surface area (Å²) in [5, 5.41) is 15.1. The van der Waals surface area contributed by atoms with Crippen LogP contribution in [0.15, 0.2) is 0 Å². The van der Waals surface area contributed by atoms with Gasteiger partial charge in [0.15, 0.2) is 0 Å². The van der Waals surface area contributed by atoms with Gasteiger partial charge < -0.3 is 15.7 Å². The minimum Gasteiger partial charge on any atom is -0.396 e. The van der Waals surface area contributed by atoms with Gasteiger partial charge in [0.1, 0.15) is 0 Å². The Balaban J connectivity index is 2.22. The van der Waals surface area contributed by atoms with Crippen LogP contribution in [0.3, 0.4) is 0 Å². The fourth-order valence-corrected chi connectivity index (χ4v) is 2.10. The summed E-state index contributed by atoms with van der Waals surface area (Å²) in [5.74, 6) is 0.717. The van der Waals surface area contributed by atoms with Gasteiger partial charge in [-0.3, -0.25) is 4.79 Å². The highest BCUT2D eigenvalue weighted by atomic mass is 16.3. The number of amides is 1. The molecule has 16 heavy (non-hydrogen) atoms. The molecule has 0 radical (unpaired) electrons. The number of hydrogen-bond acceptors (Lipinski definition) is 3. The van der Waals surface area contributed by atoms with E-state index in [2.05, 4.69) is 17.6 Å². The standard InChI is InChI=1S/C12H24N2O2/c1-2-10(5-7-15)8-14-12(16)11-4-3-6-13-9-11/h10-11,13,15H,2-9H2,1H3,(H,14,16). The van der Waals surface area contributed by atoms with Gasteiger partial charge in [-0.1, -0.05) is 13.3 Å². The van der Waals surface area contributed by atoms with E-state index in [0.29, 0.717) is 12.5 Å². The van der Waals surface area contributed by atoms with Crippen LogP contribution in [0.2, 0.25) is 0 Å². The van der Waals surface area contributed by atoms with Crippen molar-refractivity contribution in [2.75, 3.05) is 26.2 Å². The average Bonchev–Trinajstić information content (AvgIpc) is 2.35. The lowest BCUT2D eigenvalue weighted by Gasteiger charge is -2.23. The predicted molar refractivity (Wildman–Crippen MR) is 64.1 cm³/mol. The van der Waals surface area contributed by atoms with Crippen molar-refractivity contribution in [3.63, 3.8) is 0 Å². The van der Waals surface area contributed by atoms with Crippen LogP contribution in [0.5, 0.6) is 0 Å². The Morgan fingerprint density at radius 1 is 1.62 bits per heavy atom. The van der Waals surface area contributed by atoms with Gasteiger partial charge >= 0.3 is 0 Å². The maximum absolute atomic E-state index is 11.8. The fourth-order valence-electron chi connectivity index (χ4n) is 2.10. The number of hydrogen-bond donors (Lipinski definition) is 3. The minimum absolute atomic E-state index is 0.139. The summed E-state index contributed by atoms with van der Waals surface area (Å²) < 4.78 is 0. The first-order chi connectivity index (χ1) is 7.77. The first kappa shape index (κ1) is 13.5. The van der Waals surface area contributed by atoms with Crippen molar-refractivity contribution >= 4 is 5.91 Å².